The number of thiazole rings is 1. The fourth-order valence-corrected chi connectivity index (χ4v) is 4.40. The molecule has 0 saturated carbocycles. The SMILES string of the molecule is Cc1[nH]c2ccc(F)cc2c1CC(=O)NCc1nc(-c2ccc(Cl)cc2)c(C)s1. The topological polar surface area (TPSA) is 57.8 Å². The summed E-state index contributed by atoms with van der Waals surface area (Å²) in [6, 6.07) is 12.1. The third-order valence-electron chi connectivity index (χ3n) is 4.81. The third kappa shape index (κ3) is 4.18. The van der Waals surface area contributed by atoms with E-state index in [1.54, 1.807) is 17.4 Å². The van der Waals surface area contributed by atoms with Crippen molar-refractivity contribution in [2.75, 3.05) is 0 Å². The number of carbonyl (C=O) groups is 1. The van der Waals surface area contributed by atoms with Crippen molar-refractivity contribution in [3.8, 4) is 11.3 Å². The molecule has 7 heteroatoms. The Kier molecular flexibility index (Phi) is 5.39. The van der Waals surface area contributed by atoms with Crippen molar-refractivity contribution in [1.82, 2.24) is 15.3 Å². The summed E-state index contributed by atoms with van der Waals surface area (Å²) in [7, 11) is 0. The number of aryl methyl sites for hydroxylation is 2. The molecule has 2 aromatic heterocycles. The van der Waals surface area contributed by atoms with Crippen LogP contribution in [-0.4, -0.2) is 15.9 Å². The first-order valence-electron chi connectivity index (χ1n) is 9.16. The van der Waals surface area contributed by atoms with Gasteiger partial charge in [0.1, 0.15) is 10.8 Å². The average molecular weight is 428 g/mol. The van der Waals surface area contributed by atoms with Gasteiger partial charge in [0.25, 0.3) is 0 Å². The van der Waals surface area contributed by atoms with Crippen molar-refractivity contribution in [3.63, 3.8) is 0 Å². The molecule has 1 amide bonds. The van der Waals surface area contributed by atoms with Crippen molar-refractivity contribution in [2.45, 2.75) is 26.8 Å². The van der Waals surface area contributed by atoms with E-state index in [-0.39, 0.29) is 18.1 Å². The quantitative estimate of drug-likeness (QED) is 0.438. The Bertz CT molecular complexity index is 1200. The lowest BCUT2D eigenvalue weighted by Crippen LogP contribution is -2.24. The summed E-state index contributed by atoms with van der Waals surface area (Å²) in [5.74, 6) is -0.440. The number of hydrogen-bond donors (Lipinski definition) is 2. The first-order valence-corrected chi connectivity index (χ1v) is 10.4. The van der Waals surface area contributed by atoms with Crippen LogP contribution in [0.25, 0.3) is 22.2 Å². The number of benzene rings is 2. The summed E-state index contributed by atoms with van der Waals surface area (Å²) in [5, 5.41) is 5.19. The number of fused-ring (bicyclic) bond motifs is 1. The van der Waals surface area contributed by atoms with E-state index in [1.165, 1.54) is 12.1 Å². The van der Waals surface area contributed by atoms with E-state index >= 15 is 0 Å². The molecule has 148 valence electrons. The van der Waals surface area contributed by atoms with E-state index in [1.807, 2.05) is 38.1 Å². The molecule has 0 atom stereocenters. The molecule has 29 heavy (non-hydrogen) atoms. The van der Waals surface area contributed by atoms with Crippen LogP contribution in [0.3, 0.4) is 0 Å². The molecule has 0 aliphatic heterocycles. The Balaban J connectivity index is 1.45. The lowest BCUT2D eigenvalue weighted by atomic mass is 10.1. The molecular weight excluding hydrogens is 409 g/mol. The summed E-state index contributed by atoms with van der Waals surface area (Å²) in [4.78, 5) is 21.5. The van der Waals surface area contributed by atoms with Gasteiger partial charge in [-0.2, -0.15) is 0 Å². The Labute approximate surface area is 176 Å². The van der Waals surface area contributed by atoms with Crippen LogP contribution in [-0.2, 0) is 17.8 Å². The number of aromatic amines is 1. The molecule has 4 rings (SSSR count). The fraction of sp³-hybridized carbons (Fsp3) is 0.182. The summed E-state index contributed by atoms with van der Waals surface area (Å²) in [6.07, 6.45) is 0.184. The van der Waals surface area contributed by atoms with Crippen molar-refractivity contribution < 1.29 is 9.18 Å². The van der Waals surface area contributed by atoms with Crippen LogP contribution in [0, 0.1) is 19.7 Å². The van der Waals surface area contributed by atoms with Gasteiger partial charge in [-0.05, 0) is 49.7 Å². The Hall–Kier alpha value is -2.70. The molecule has 4 aromatic rings. The first kappa shape index (κ1) is 19.6. The highest BCUT2D eigenvalue weighted by Crippen LogP contribution is 2.28. The van der Waals surface area contributed by atoms with Gasteiger partial charge in [0.05, 0.1) is 18.7 Å². The average Bonchev–Trinajstić information content (AvgIpc) is 3.21. The zero-order valence-corrected chi connectivity index (χ0v) is 17.5. The van der Waals surface area contributed by atoms with Crippen molar-refractivity contribution >= 4 is 39.7 Å². The molecule has 0 aliphatic carbocycles. The molecule has 0 bridgehead atoms. The van der Waals surface area contributed by atoms with Crippen molar-refractivity contribution in [1.29, 1.82) is 0 Å². The van der Waals surface area contributed by atoms with Gasteiger partial charge < -0.3 is 10.3 Å². The monoisotopic (exact) mass is 427 g/mol. The van der Waals surface area contributed by atoms with Crippen LogP contribution in [0.5, 0.6) is 0 Å². The highest BCUT2D eigenvalue weighted by molar-refractivity contribution is 7.12. The molecule has 0 unspecified atom stereocenters. The van der Waals surface area contributed by atoms with Gasteiger partial charge in [0.15, 0.2) is 0 Å². The van der Waals surface area contributed by atoms with Crippen LogP contribution in [0.1, 0.15) is 21.1 Å². The zero-order valence-electron chi connectivity index (χ0n) is 16.0. The Morgan fingerprint density at radius 1 is 1.21 bits per heavy atom. The zero-order chi connectivity index (χ0) is 20.5. The number of aromatic nitrogens is 2. The molecule has 0 saturated heterocycles. The van der Waals surface area contributed by atoms with E-state index in [0.29, 0.717) is 11.6 Å². The largest absolute Gasteiger partial charge is 0.358 e. The predicted octanol–water partition coefficient (Wildman–Crippen LogP) is 5.56. The Morgan fingerprint density at radius 2 is 1.97 bits per heavy atom. The molecular formula is C22H19ClFN3OS. The maximum Gasteiger partial charge on any atom is 0.224 e. The van der Waals surface area contributed by atoms with Gasteiger partial charge in [-0.3, -0.25) is 4.79 Å². The number of nitrogens with one attached hydrogen (secondary N) is 2. The number of nitrogens with zero attached hydrogens (tertiary/aromatic N) is 1. The highest BCUT2D eigenvalue weighted by atomic mass is 35.5. The molecule has 2 N–H and O–H groups in total. The maximum atomic E-state index is 13.6. The predicted molar refractivity (Wildman–Crippen MR) is 116 cm³/mol. The van der Waals surface area contributed by atoms with E-state index in [0.717, 1.165) is 43.3 Å². The maximum absolute atomic E-state index is 13.6. The smallest absolute Gasteiger partial charge is 0.224 e. The second-order valence-electron chi connectivity index (χ2n) is 6.89. The van der Waals surface area contributed by atoms with Gasteiger partial charge in [-0.25, -0.2) is 9.37 Å². The standard InChI is InChI=1S/C22H19ClFN3OS/c1-12-17(18-9-16(24)7-8-19(18)26-12)10-20(28)25-11-21-27-22(13(2)29-21)14-3-5-15(23)6-4-14/h3-9,26H,10-11H2,1-2H3,(H,25,28). The van der Waals surface area contributed by atoms with Gasteiger partial charge >= 0.3 is 0 Å². The lowest BCUT2D eigenvalue weighted by molar-refractivity contribution is -0.120. The number of hydrogen-bond acceptors (Lipinski definition) is 3. The highest BCUT2D eigenvalue weighted by Gasteiger charge is 2.15. The van der Waals surface area contributed by atoms with E-state index in [2.05, 4.69) is 15.3 Å². The molecule has 0 spiro atoms. The number of H-pyrrole nitrogens is 1. The van der Waals surface area contributed by atoms with Gasteiger partial charge in [-0.15, -0.1) is 11.3 Å². The first-order chi connectivity index (χ1) is 13.9. The summed E-state index contributed by atoms with van der Waals surface area (Å²) in [6.45, 7) is 4.26. The number of rotatable bonds is 5. The fourth-order valence-electron chi connectivity index (χ4n) is 3.38. The van der Waals surface area contributed by atoms with E-state index in [9.17, 15) is 9.18 Å². The summed E-state index contributed by atoms with van der Waals surface area (Å²) < 4.78 is 13.6. The molecule has 0 aliphatic rings. The summed E-state index contributed by atoms with van der Waals surface area (Å²) in [5.41, 5.74) is 4.41. The number of halogens is 2. The second kappa shape index (κ2) is 7.97. The molecule has 0 fully saturated rings. The van der Waals surface area contributed by atoms with Crippen molar-refractivity contribution in [3.05, 3.63) is 74.4 Å². The van der Waals surface area contributed by atoms with Crippen LogP contribution < -0.4 is 5.32 Å². The molecule has 2 heterocycles. The van der Waals surface area contributed by atoms with Crippen LogP contribution >= 0.6 is 22.9 Å². The minimum absolute atomic E-state index is 0.126. The minimum atomic E-state index is -0.314. The van der Waals surface area contributed by atoms with E-state index in [4.69, 9.17) is 11.6 Å². The molecule has 2 aromatic carbocycles. The van der Waals surface area contributed by atoms with Gasteiger partial charge in [0.2, 0.25) is 5.91 Å². The van der Waals surface area contributed by atoms with Gasteiger partial charge in [-0.1, -0.05) is 23.7 Å². The third-order valence-corrected chi connectivity index (χ3v) is 6.04. The number of carbonyl (C=O) groups excluding carboxylic acids is 1. The second-order valence-corrected chi connectivity index (χ2v) is 8.62. The lowest BCUT2D eigenvalue weighted by Gasteiger charge is -2.04. The normalized spacial score (nSPS) is 11.2. The number of amides is 1. The van der Waals surface area contributed by atoms with Crippen molar-refractivity contribution in [2.24, 2.45) is 0 Å². The minimum Gasteiger partial charge on any atom is -0.358 e. The molecule has 4 nitrogen and oxygen atoms in total. The van der Waals surface area contributed by atoms with E-state index < -0.39 is 0 Å². The van der Waals surface area contributed by atoms with Crippen LogP contribution in [0.15, 0.2) is 42.5 Å². The van der Waals surface area contributed by atoms with Gasteiger partial charge in [0, 0.05) is 32.1 Å². The van der Waals surface area contributed by atoms with Crippen LogP contribution in [0.2, 0.25) is 5.02 Å². The summed E-state index contributed by atoms with van der Waals surface area (Å²) >= 11 is 7.51. The molecule has 0 radical (unpaired) electrons. The van der Waals surface area contributed by atoms with Crippen LogP contribution in [0.4, 0.5) is 4.39 Å². The Morgan fingerprint density at radius 3 is 2.72 bits per heavy atom.